The molecule has 2 aliphatic rings. The van der Waals surface area contributed by atoms with Gasteiger partial charge in [0, 0.05) is 0 Å². The summed E-state index contributed by atoms with van der Waals surface area (Å²) in [6, 6.07) is 8.43. The fourth-order valence-electron chi connectivity index (χ4n) is 4.03. The number of carbonyl (C=O) groups is 1. The van der Waals surface area contributed by atoms with E-state index in [1.54, 1.807) is 0 Å². The van der Waals surface area contributed by atoms with Crippen molar-refractivity contribution < 1.29 is 9.53 Å². The van der Waals surface area contributed by atoms with Gasteiger partial charge in [-0.05, 0) is 49.1 Å². The second kappa shape index (κ2) is 5.08. The normalized spacial score (nSPS) is 31.3. The Balaban J connectivity index is 2.17. The molecule has 0 aromatic heterocycles. The lowest BCUT2D eigenvalue weighted by Gasteiger charge is -2.46. The van der Waals surface area contributed by atoms with Gasteiger partial charge in [-0.2, -0.15) is 0 Å². The molecule has 0 spiro atoms. The van der Waals surface area contributed by atoms with E-state index in [9.17, 15) is 4.79 Å². The SMILES string of the molecule is CCOC(=O)[C@]12CC=CC[C@@H]1C[C@H](C)c1ccccc12. The summed E-state index contributed by atoms with van der Waals surface area (Å²) in [5, 5.41) is 0. The van der Waals surface area contributed by atoms with E-state index in [1.165, 1.54) is 11.1 Å². The minimum Gasteiger partial charge on any atom is -0.465 e. The Morgan fingerprint density at radius 3 is 2.95 bits per heavy atom. The minimum atomic E-state index is -0.451. The monoisotopic (exact) mass is 270 g/mol. The summed E-state index contributed by atoms with van der Waals surface area (Å²) < 4.78 is 5.46. The van der Waals surface area contributed by atoms with Gasteiger partial charge in [-0.1, -0.05) is 43.3 Å². The van der Waals surface area contributed by atoms with E-state index in [4.69, 9.17) is 4.74 Å². The molecular weight excluding hydrogens is 248 g/mol. The van der Waals surface area contributed by atoms with Crippen molar-refractivity contribution in [2.75, 3.05) is 6.61 Å². The molecule has 106 valence electrons. The van der Waals surface area contributed by atoms with Gasteiger partial charge in [0.15, 0.2) is 0 Å². The Morgan fingerprint density at radius 2 is 2.15 bits per heavy atom. The summed E-state index contributed by atoms with van der Waals surface area (Å²) in [7, 11) is 0. The van der Waals surface area contributed by atoms with Crippen LogP contribution in [-0.4, -0.2) is 12.6 Å². The molecule has 1 aromatic carbocycles. The van der Waals surface area contributed by atoms with Crippen LogP contribution >= 0.6 is 0 Å². The molecule has 3 rings (SSSR count). The summed E-state index contributed by atoms with van der Waals surface area (Å²) >= 11 is 0. The Bertz CT molecular complexity index is 546. The lowest BCUT2D eigenvalue weighted by atomic mass is 9.56. The van der Waals surface area contributed by atoms with Gasteiger partial charge in [-0.3, -0.25) is 4.79 Å². The fraction of sp³-hybridized carbons (Fsp3) is 0.500. The van der Waals surface area contributed by atoms with Crippen molar-refractivity contribution in [2.45, 2.75) is 44.4 Å². The molecule has 1 aromatic rings. The molecule has 20 heavy (non-hydrogen) atoms. The third-order valence-corrected chi connectivity index (χ3v) is 4.97. The van der Waals surface area contributed by atoms with E-state index >= 15 is 0 Å². The number of allylic oxidation sites excluding steroid dienone is 2. The second-order valence-electron chi connectivity index (χ2n) is 6.02. The highest BCUT2D eigenvalue weighted by Gasteiger charge is 2.52. The van der Waals surface area contributed by atoms with Gasteiger partial charge >= 0.3 is 5.97 Å². The van der Waals surface area contributed by atoms with Crippen LogP contribution in [0.1, 0.15) is 50.2 Å². The number of benzene rings is 1. The molecular formula is C18H22O2. The smallest absolute Gasteiger partial charge is 0.317 e. The van der Waals surface area contributed by atoms with Crippen LogP contribution in [0.15, 0.2) is 36.4 Å². The molecule has 0 saturated heterocycles. The molecule has 2 heteroatoms. The topological polar surface area (TPSA) is 26.3 Å². The molecule has 2 nitrogen and oxygen atoms in total. The number of hydrogen-bond acceptors (Lipinski definition) is 2. The molecule has 0 aliphatic heterocycles. The van der Waals surface area contributed by atoms with Crippen molar-refractivity contribution in [2.24, 2.45) is 5.92 Å². The average Bonchev–Trinajstić information content (AvgIpc) is 2.48. The van der Waals surface area contributed by atoms with Crippen LogP contribution in [0, 0.1) is 5.92 Å². The largest absolute Gasteiger partial charge is 0.465 e. The summed E-state index contributed by atoms with van der Waals surface area (Å²) in [6.45, 7) is 4.61. The van der Waals surface area contributed by atoms with Crippen molar-refractivity contribution in [1.29, 1.82) is 0 Å². The molecule has 0 heterocycles. The molecule has 0 bridgehead atoms. The van der Waals surface area contributed by atoms with Gasteiger partial charge in [0.1, 0.15) is 0 Å². The number of esters is 1. The van der Waals surface area contributed by atoms with Gasteiger partial charge in [0.25, 0.3) is 0 Å². The van der Waals surface area contributed by atoms with Gasteiger partial charge < -0.3 is 4.74 Å². The number of carbonyl (C=O) groups excluding carboxylic acids is 1. The van der Waals surface area contributed by atoms with Crippen LogP contribution in [0.4, 0.5) is 0 Å². The van der Waals surface area contributed by atoms with E-state index in [0.29, 0.717) is 18.4 Å². The Morgan fingerprint density at radius 1 is 1.35 bits per heavy atom. The van der Waals surface area contributed by atoms with E-state index < -0.39 is 5.41 Å². The number of rotatable bonds is 2. The second-order valence-corrected chi connectivity index (χ2v) is 6.02. The highest BCUT2D eigenvalue weighted by molar-refractivity contribution is 5.85. The zero-order valence-electron chi connectivity index (χ0n) is 12.3. The van der Waals surface area contributed by atoms with E-state index in [0.717, 1.165) is 19.3 Å². The van der Waals surface area contributed by atoms with Gasteiger partial charge in [-0.25, -0.2) is 0 Å². The van der Waals surface area contributed by atoms with Gasteiger partial charge in [0.2, 0.25) is 0 Å². The van der Waals surface area contributed by atoms with Crippen molar-refractivity contribution in [3.63, 3.8) is 0 Å². The Labute approximate surface area is 120 Å². The first-order valence-corrected chi connectivity index (χ1v) is 7.61. The molecule has 3 atom stereocenters. The first-order valence-electron chi connectivity index (χ1n) is 7.61. The van der Waals surface area contributed by atoms with Crippen LogP contribution in [-0.2, 0) is 14.9 Å². The quantitative estimate of drug-likeness (QED) is 0.600. The van der Waals surface area contributed by atoms with Crippen molar-refractivity contribution in [3.8, 4) is 0 Å². The predicted octanol–water partition coefficient (Wildman–Crippen LogP) is 3.96. The number of fused-ring (bicyclic) bond motifs is 3. The van der Waals surface area contributed by atoms with Crippen LogP contribution in [0.25, 0.3) is 0 Å². The highest BCUT2D eigenvalue weighted by atomic mass is 16.5. The van der Waals surface area contributed by atoms with Crippen LogP contribution in [0.5, 0.6) is 0 Å². The Hall–Kier alpha value is -1.57. The predicted molar refractivity (Wildman–Crippen MR) is 79.6 cm³/mol. The third kappa shape index (κ3) is 1.81. The summed E-state index contributed by atoms with van der Waals surface area (Å²) in [6.07, 6.45) is 7.21. The standard InChI is InChI=1S/C18H22O2/c1-3-20-17(19)18-11-7-6-8-14(18)12-13(2)15-9-4-5-10-16(15)18/h4-7,9-10,13-14H,3,8,11-12H2,1-2H3/t13-,14+,18+/m0/s1. The molecule has 0 saturated carbocycles. The molecule has 0 unspecified atom stereocenters. The van der Waals surface area contributed by atoms with Gasteiger partial charge in [0.05, 0.1) is 12.0 Å². The lowest BCUT2D eigenvalue weighted by molar-refractivity contribution is -0.153. The number of ether oxygens (including phenoxy) is 1. The van der Waals surface area contributed by atoms with Crippen molar-refractivity contribution >= 4 is 5.97 Å². The van der Waals surface area contributed by atoms with Crippen molar-refractivity contribution in [1.82, 2.24) is 0 Å². The molecule has 0 radical (unpaired) electrons. The lowest BCUT2D eigenvalue weighted by Crippen LogP contribution is -2.48. The maximum Gasteiger partial charge on any atom is 0.317 e. The number of hydrogen-bond donors (Lipinski definition) is 0. The zero-order chi connectivity index (χ0) is 14.2. The zero-order valence-corrected chi connectivity index (χ0v) is 12.3. The third-order valence-electron chi connectivity index (χ3n) is 4.97. The molecule has 0 amide bonds. The first kappa shape index (κ1) is 13.4. The summed E-state index contributed by atoms with van der Waals surface area (Å²) in [5.41, 5.74) is 2.08. The first-order chi connectivity index (χ1) is 9.70. The van der Waals surface area contributed by atoms with E-state index in [2.05, 4.69) is 37.3 Å². The molecule has 0 fully saturated rings. The maximum atomic E-state index is 12.8. The highest BCUT2D eigenvalue weighted by Crippen LogP contribution is 2.52. The summed E-state index contributed by atoms with van der Waals surface area (Å²) in [4.78, 5) is 12.8. The average molecular weight is 270 g/mol. The van der Waals surface area contributed by atoms with E-state index in [-0.39, 0.29) is 5.97 Å². The van der Waals surface area contributed by atoms with Crippen LogP contribution in [0.3, 0.4) is 0 Å². The fourth-order valence-corrected chi connectivity index (χ4v) is 4.03. The van der Waals surface area contributed by atoms with Crippen LogP contribution in [0.2, 0.25) is 0 Å². The summed E-state index contributed by atoms with van der Waals surface area (Å²) in [5.74, 6) is 0.857. The molecule has 0 N–H and O–H groups in total. The van der Waals surface area contributed by atoms with Crippen LogP contribution < -0.4 is 0 Å². The van der Waals surface area contributed by atoms with Gasteiger partial charge in [-0.15, -0.1) is 0 Å². The minimum absolute atomic E-state index is 0.0336. The molecule has 2 aliphatic carbocycles. The maximum absolute atomic E-state index is 12.8. The van der Waals surface area contributed by atoms with Crippen molar-refractivity contribution in [3.05, 3.63) is 47.5 Å². The van der Waals surface area contributed by atoms with E-state index in [1.807, 2.05) is 13.0 Å². The Kier molecular flexibility index (Phi) is 3.41.